The molecule has 130 heavy (non-hydrogen) atoms. The van der Waals surface area contributed by atoms with Gasteiger partial charge in [0.2, 0.25) is 23.1 Å². The molecule has 4 aromatic rings. The smallest absolute Gasteiger partial charge is 0.302 e. The van der Waals surface area contributed by atoms with E-state index in [-0.39, 0.29) is 88.7 Å². The van der Waals surface area contributed by atoms with Crippen molar-refractivity contribution in [3.8, 4) is 23.0 Å². The monoisotopic (exact) mass is 1800 g/mol. The molecule has 40 heteroatoms. The number of Topliss-reactive ketones (excluding diaryl/α,β-unsaturated/α-hetero) is 9. The number of primary amides is 3. The van der Waals surface area contributed by atoms with Gasteiger partial charge >= 0.3 is 5.97 Å². The molecular weight excluding hydrogens is 1710 g/mol. The number of nitrogens with zero attached hydrogens (tertiary/aromatic N) is 4. The number of hydrogen-bond donors (Lipinski definition) is 20. The Hall–Kier alpha value is -13.1. The third kappa shape index (κ3) is 13.5. The van der Waals surface area contributed by atoms with Crippen molar-refractivity contribution >= 4 is 98.8 Å². The Bertz CT molecular complexity index is 6000. The van der Waals surface area contributed by atoms with Gasteiger partial charge in [-0.25, -0.2) is 0 Å². The fourth-order valence-corrected chi connectivity index (χ4v) is 21.9. The largest absolute Gasteiger partial charge is 0.508 e. The molecule has 0 aliphatic heterocycles. The lowest BCUT2D eigenvalue weighted by Gasteiger charge is -2.53. The van der Waals surface area contributed by atoms with Gasteiger partial charge < -0.3 is 118 Å². The van der Waals surface area contributed by atoms with Gasteiger partial charge in [0.25, 0.3) is 17.7 Å². The van der Waals surface area contributed by atoms with Crippen molar-refractivity contribution in [1.29, 1.82) is 0 Å². The van der Waals surface area contributed by atoms with Crippen LogP contribution in [0.5, 0.6) is 23.0 Å². The van der Waals surface area contributed by atoms with Crippen LogP contribution in [-0.4, -0.2) is 323 Å². The number of esters is 1. The predicted molar refractivity (Wildman–Crippen MR) is 448 cm³/mol. The molecule has 23 N–H and O–H groups in total. The van der Waals surface area contributed by atoms with E-state index in [2.05, 4.69) is 0 Å². The number of phenolic OH excluding ortho intramolecular Hbond substituents is 4. The average Bonchev–Trinajstić information content (AvgIpc) is 0.700. The van der Waals surface area contributed by atoms with E-state index in [0.29, 0.717) is 22.3 Å². The molecule has 0 heterocycles. The normalized spacial score (nSPS) is 31.7. The number of amides is 3. The zero-order valence-electron chi connectivity index (χ0n) is 71.9. The summed E-state index contributed by atoms with van der Waals surface area (Å²) < 4.78 is 17.2. The number of ketones is 9. The third-order valence-electron chi connectivity index (χ3n) is 27.1. The number of aromatic hydroxyl groups is 4. The number of benzene rings is 4. The van der Waals surface area contributed by atoms with Gasteiger partial charge in [-0.1, -0.05) is 48.5 Å². The van der Waals surface area contributed by atoms with Gasteiger partial charge in [-0.15, -0.1) is 0 Å². The first-order chi connectivity index (χ1) is 60.7. The summed E-state index contributed by atoms with van der Waals surface area (Å²) >= 11 is 0. The van der Waals surface area contributed by atoms with Gasteiger partial charge in [0.1, 0.15) is 97.5 Å². The molecular formula is C90H97N7O33. The molecule has 4 aromatic carbocycles. The maximum Gasteiger partial charge on any atom is 0.302 e. The van der Waals surface area contributed by atoms with Gasteiger partial charge in [-0.05, 0) is 142 Å². The Kier molecular flexibility index (Phi) is 24.3. The van der Waals surface area contributed by atoms with Crippen molar-refractivity contribution in [2.24, 2.45) is 64.5 Å². The van der Waals surface area contributed by atoms with Crippen molar-refractivity contribution in [3.05, 3.63) is 185 Å². The summed E-state index contributed by atoms with van der Waals surface area (Å²) in [4.78, 5) is 173. The van der Waals surface area contributed by atoms with Crippen LogP contribution in [-0.2, 0) is 102 Å². The molecule has 20 atom stereocenters. The molecule has 12 aliphatic carbocycles. The van der Waals surface area contributed by atoms with Crippen molar-refractivity contribution in [3.63, 3.8) is 0 Å². The number of aliphatic hydroxyl groups is 13. The first-order valence-corrected chi connectivity index (χ1v) is 40.8. The van der Waals surface area contributed by atoms with E-state index in [9.17, 15) is 149 Å². The van der Waals surface area contributed by atoms with E-state index < -0.39 is 274 Å². The van der Waals surface area contributed by atoms with E-state index >= 15 is 0 Å². The summed E-state index contributed by atoms with van der Waals surface area (Å²) in [6.07, 6.45) is -4.50. The van der Waals surface area contributed by atoms with Gasteiger partial charge in [-0.3, -0.25) is 81.9 Å². The number of nitrogens with two attached hydrogens (primary N) is 3. The first-order valence-electron chi connectivity index (χ1n) is 40.8. The zero-order chi connectivity index (χ0) is 96.4. The summed E-state index contributed by atoms with van der Waals surface area (Å²) in [6, 6.07) is 13.1. The Morgan fingerprint density at radius 1 is 0.377 bits per heavy atom. The number of phenols is 4. The fraction of sp³-hybridized carbons (Fsp3) is 0.411. The molecule has 4 fully saturated rings. The molecule has 0 unspecified atom stereocenters. The second-order valence-electron chi connectivity index (χ2n) is 34.8. The van der Waals surface area contributed by atoms with Crippen LogP contribution < -0.4 is 17.2 Å². The predicted octanol–water partition coefficient (Wildman–Crippen LogP) is -0.888. The number of fused-ring (bicyclic) bond motifs is 12. The van der Waals surface area contributed by atoms with Crippen LogP contribution in [0.25, 0.3) is 23.0 Å². The van der Waals surface area contributed by atoms with Crippen LogP contribution in [0.3, 0.4) is 0 Å². The maximum absolute atomic E-state index is 13.8. The Morgan fingerprint density at radius 3 is 0.900 bits per heavy atom. The highest BCUT2D eigenvalue weighted by Gasteiger charge is 2.73. The summed E-state index contributed by atoms with van der Waals surface area (Å²) in [6.45, 7) is 4.05. The van der Waals surface area contributed by atoms with E-state index in [0.717, 1.165) is 13.8 Å². The van der Waals surface area contributed by atoms with E-state index in [4.69, 9.17) is 31.4 Å². The molecule has 0 bridgehead atoms. The number of hydrogen-bond acceptors (Lipinski definition) is 37. The number of aliphatic hydroxyl groups excluding tert-OH is 9. The zero-order valence-corrected chi connectivity index (χ0v) is 71.9. The maximum atomic E-state index is 13.8. The van der Waals surface area contributed by atoms with Crippen LogP contribution in [0.1, 0.15) is 65.3 Å². The Balaban J connectivity index is 0.000000148. The molecule has 3 amide bonds. The third-order valence-corrected chi connectivity index (χ3v) is 27.1. The van der Waals surface area contributed by atoms with Crippen LogP contribution in [0, 0.1) is 47.3 Å². The number of carbonyl (C=O) groups excluding carboxylic acids is 13. The molecule has 12 aliphatic rings. The highest BCUT2D eigenvalue weighted by atomic mass is 16.5. The molecule has 0 aromatic heterocycles. The van der Waals surface area contributed by atoms with Crippen molar-refractivity contribution < 1.29 is 163 Å². The van der Waals surface area contributed by atoms with Crippen molar-refractivity contribution in [1.82, 2.24) is 19.6 Å². The van der Waals surface area contributed by atoms with Gasteiger partial charge in [0.05, 0.1) is 88.4 Å². The number of rotatable bonds is 12. The highest BCUT2D eigenvalue weighted by Crippen LogP contribution is 2.60. The summed E-state index contributed by atoms with van der Waals surface area (Å²) in [5.74, 6) is -30.8. The van der Waals surface area contributed by atoms with Gasteiger partial charge in [0.15, 0.2) is 51.3 Å². The molecule has 690 valence electrons. The molecule has 4 saturated carbocycles. The van der Waals surface area contributed by atoms with E-state index in [1.165, 1.54) is 99.3 Å². The summed E-state index contributed by atoms with van der Waals surface area (Å²) in [5.41, 5.74) is 2.02. The minimum absolute atomic E-state index is 0.0148. The van der Waals surface area contributed by atoms with Crippen molar-refractivity contribution in [2.45, 2.75) is 117 Å². The van der Waals surface area contributed by atoms with Crippen molar-refractivity contribution in [2.75, 3.05) is 70.1 Å². The summed E-state index contributed by atoms with van der Waals surface area (Å²) in [5, 5.41) is 186. The minimum atomic E-state index is -2.92. The topological polar surface area (TPSA) is 685 Å². The van der Waals surface area contributed by atoms with Gasteiger partial charge in [-0.2, -0.15) is 0 Å². The average molecular weight is 1800 g/mol. The van der Waals surface area contributed by atoms with E-state index in [1.807, 2.05) is 0 Å². The second-order valence-corrected chi connectivity index (χ2v) is 34.8. The first kappa shape index (κ1) is 94.5. The van der Waals surface area contributed by atoms with Crippen LogP contribution in [0.15, 0.2) is 140 Å². The SMILES string of the molecule is CC(=O)O[C@H]1[C@H]2[C@H](N(C)C)C(=O)C(C(N)=O)=C(O)[C@@]2(O)C(=O)C2=C(O)c3c(O)cccc3C[C@H]21.CCO[C@H]1[C@H]2[C@H](N(C)C)C(=O)C(C(C)=O)=C(O)[C@@]2(O)C(=O)C2=C(O)c3c(O)cccc3C[C@H]21.CN(C)[C@@H]1C(=O)C(C(N)=O)=C(O)[C@@]2(O)C(=O)C3=C(O)c4c(O)cccc4C[C@H]3[C@@H](O)[C@@H]12.CO[C@H]1[C@H]2[C@H](N(C)C)C(=O)C(C(N)=O)=C(O)[C@@]2(O)C(=O)C2=C(O)c3c(O)cccc3C[C@H]21. The number of carbonyl (C=O) groups is 13. The van der Waals surface area contributed by atoms with Crippen LogP contribution in [0.4, 0.5) is 0 Å². The standard InChI is InChI=1S/C24H27NO8.C23H24N2O9.C22H24N2O8.C21H22N2O8/c1-5-33-21-12-9-11-7-6-8-13(27)15(11)19(28)16(12)23(31)24(32)17(21)18(25(3)4)20(29)14(10(2)26)22(24)30;1-8(26)34-19-10-7-9-5-4-6-11(27)12(9)17(28)13(10)20(30)23(33)15(19)16(25(2)3)18(29)14(21(23)31)22(24)32;1-24(2)15-14-18(32-3)9-7-8-5-4-6-10(25)11(8)16(26)12(9)19(28)22(14,31)20(29)13(17(15)27)21(23)30;1-23(2)14-13-15(25)8-6-7-4-3-5-9(24)10(7)16(26)11(8)18(28)21(13,31)19(29)12(17(14)27)20(22)30/h6-8,12,17-18,21,27-28,30,32H,5,9H2,1-4H3;4-6,10,15-16,19,27-28,31,33H,7H2,1-3H3,(H2,24,32);4-6,9,14-15,18,25-26,29,31H,7H2,1-3H3,(H2,23,30);3-5,8,13-15,24-26,29,31H,6H2,1-2H3,(H2,22,30)/t12-,17-,18+,21-,24-;10-,15-,16+,19-,23+;9-,14-,15+,18-,22+;8-,13-,14+,15-,21+/m1111/s1. The van der Waals surface area contributed by atoms with E-state index in [1.54, 1.807) is 63.5 Å². The number of ether oxygens (including phenoxy) is 3. The highest BCUT2D eigenvalue weighted by molar-refractivity contribution is 6.28. The molecule has 0 radical (unpaired) electrons. The lowest BCUT2D eigenvalue weighted by Crippen LogP contribution is -2.70. The minimum Gasteiger partial charge on any atom is -0.508 e. The molecule has 0 spiro atoms. The fourth-order valence-electron chi connectivity index (χ4n) is 21.9. The van der Waals surface area contributed by atoms with Crippen LogP contribution in [0.2, 0.25) is 0 Å². The lowest BCUT2D eigenvalue weighted by atomic mass is 9.56. The van der Waals surface area contributed by atoms with Crippen LogP contribution >= 0.6 is 0 Å². The quantitative estimate of drug-likeness (QED) is 0.0604. The Morgan fingerprint density at radius 2 is 0.623 bits per heavy atom. The molecule has 40 nitrogen and oxygen atoms in total. The molecule has 16 rings (SSSR count). The second kappa shape index (κ2) is 33.4. The number of likely N-dealkylation sites (N-methyl/N-ethyl adjacent to an activating group) is 4. The number of methoxy groups -OCH3 is 1. The Labute approximate surface area is 738 Å². The lowest BCUT2D eigenvalue weighted by molar-refractivity contribution is -0.183. The molecule has 0 saturated heterocycles. The van der Waals surface area contributed by atoms with Gasteiger partial charge in [0, 0.05) is 66.6 Å². The summed E-state index contributed by atoms with van der Waals surface area (Å²) in [7, 11) is 13.4.